The molecule has 6 heteroatoms. The summed E-state index contributed by atoms with van der Waals surface area (Å²) in [6, 6.07) is 4.01. The molecule has 0 aliphatic heterocycles. The Hall–Kier alpha value is -1.69. The summed E-state index contributed by atoms with van der Waals surface area (Å²) >= 11 is 0. The van der Waals surface area contributed by atoms with Crippen molar-refractivity contribution in [2.24, 2.45) is 17.8 Å². The number of fused-ring (bicyclic) bond motifs is 2. The first kappa shape index (κ1) is 16.2. The second kappa shape index (κ2) is 6.07. The van der Waals surface area contributed by atoms with Crippen LogP contribution in [0.5, 0.6) is 0 Å². The zero-order valence-electron chi connectivity index (χ0n) is 13.0. The lowest BCUT2D eigenvalue weighted by Crippen LogP contribution is -2.32. The molecule has 23 heavy (non-hydrogen) atoms. The lowest BCUT2D eigenvalue weighted by atomic mass is 9.92. The average molecular weight is 337 g/mol. The maximum absolute atomic E-state index is 13.5. The van der Waals surface area contributed by atoms with Crippen molar-refractivity contribution in [3.8, 4) is 0 Å². The number of amides is 1. The zero-order valence-corrected chi connectivity index (χ0v) is 13.8. The molecule has 1 fully saturated rings. The van der Waals surface area contributed by atoms with Crippen molar-refractivity contribution in [1.82, 2.24) is 5.32 Å². The minimum Gasteiger partial charge on any atom is -0.352 e. The number of rotatable bonds is 5. The van der Waals surface area contributed by atoms with E-state index in [1.807, 2.05) is 0 Å². The van der Waals surface area contributed by atoms with Gasteiger partial charge >= 0.3 is 0 Å². The summed E-state index contributed by atoms with van der Waals surface area (Å²) in [7, 11) is -3.22. The highest BCUT2D eigenvalue weighted by molar-refractivity contribution is 7.89. The van der Waals surface area contributed by atoms with Crippen molar-refractivity contribution in [2.45, 2.75) is 25.1 Å². The molecule has 4 nitrogen and oxygen atoms in total. The van der Waals surface area contributed by atoms with Gasteiger partial charge in [0.15, 0.2) is 9.84 Å². The predicted octanol–water partition coefficient (Wildman–Crippen LogP) is 2.20. The van der Waals surface area contributed by atoms with Gasteiger partial charge in [0.05, 0.1) is 5.75 Å². The molecule has 0 saturated heterocycles. The van der Waals surface area contributed by atoms with Crippen LogP contribution in [0, 0.1) is 23.6 Å². The van der Waals surface area contributed by atoms with Crippen LogP contribution < -0.4 is 5.32 Å². The normalized spacial score (nSPS) is 25.7. The van der Waals surface area contributed by atoms with Crippen molar-refractivity contribution in [3.63, 3.8) is 0 Å². The van der Waals surface area contributed by atoms with Gasteiger partial charge in [0.25, 0.3) is 0 Å². The van der Waals surface area contributed by atoms with Crippen LogP contribution in [0.2, 0.25) is 0 Å². The quantitative estimate of drug-likeness (QED) is 0.838. The number of nitrogens with one attached hydrogen (secondary N) is 1. The Morgan fingerprint density at radius 2 is 2.04 bits per heavy atom. The van der Waals surface area contributed by atoms with E-state index in [0.29, 0.717) is 23.0 Å². The summed E-state index contributed by atoms with van der Waals surface area (Å²) in [4.78, 5) is 12.3. The van der Waals surface area contributed by atoms with E-state index in [2.05, 4.69) is 17.5 Å². The molecule has 2 aliphatic carbocycles. The summed E-state index contributed by atoms with van der Waals surface area (Å²) < 4.78 is 36.4. The van der Waals surface area contributed by atoms with Crippen LogP contribution in [-0.4, -0.2) is 20.6 Å². The van der Waals surface area contributed by atoms with E-state index in [1.54, 1.807) is 0 Å². The first-order valence-electron chi connectivity index (χ1n) is 7.73. The Labute approximate surface area is 135 Å². The second-order valence-electron chi connectivity index (χ2n) is 6.59. The number of hydrogen-bond donors (Lipinski definition) is 1. The fraction of sp³-hybridized carbons (Fsp3) is 0.471. The summed E-state index contributed by atoms with van der Waals surface area (Å²) in [5.41, 5.74) is 1.05. The third kappa shape index (κ3) is 3.80. The lowest BCUT2D eigenvalue weighted by molar-refractivity contribution is -0.125. The zero-order chi connectivity index (χ0) is 16.6. The summed E-state index contributed by atoms with van der Waals surface area (Å²) in [5.74, 6) is 0.173. The van der Waals surface area contributed by atoms with Gasteiger partial charge < -0.3 is 5.32 Å². The van der Waals surface area contributed by atoms with E-state index in [-0.39, 0.29) is 24.1 Å². The topological polar surface area (TPSA) is 63.2 Å². The van der Waals surface area contributed by atoms with Crippen LogP contribution in [0.4, 0.5) is 4.39 Å². The van der Waals surface area contributed by atoms with Crippen LogP contribution in [0.25, 0.3) is 0 Å². The summed E-state index contributed by atoms with van der Waals surface area (Å²) in [6.07, 6.45) is 7.32. The van der Waals surface area contributed by atoms with Gasteiger partial charge in [0.1, 0.15) is 5.82 Å². The molecule has 1 N–H and O–H groups in total. The van der Waals surface area contributed by atoms with E-state index < -0.39 is 15.7 Å². The highest BCUT2D eigenvalue weighted by Gasteiger charge is 2.39. The van der Waals surface area contributed by atoms with Crippen molar-refractivity contribution in [1.29, 1.82) is 0 Å². The fourth-order valence-corrected chi connectivity index (χ4v) is 4.42. The SMILES string of the molecule is CS(=O)(=O)Cc1ccc(F)cc1CNC(=O)C1CC2C=CC1C2. The number of halogens is 1. The Morgan fingerprint density at radius 3 is 2.65 bits per heavy atom. The molecule has 0 heterocycles. The molecule has 1 aromatic carbocycles. The molecule has 2 aliphatic rings. The Kier molecular flexibility index (Phi) is 4.27. The van der Waals surface area contributed by atoms with Gasteiger partial charge in [-0.25, -0.2) is 12.8 Å². The highest BCUT2D eigenvalue weighted by atomic mass is 32.2. The molecule has 0 aromatic heterocycles. The number of allylic oxidation sites excluding steroid dienone is 2. The molecule has 3 unspecified atom stereocenters. The van der Waals surface area contributed by atoms with Gasteiger partial charge in [-0.3, -0.25) is 4.79 Å². The Morgan fingerprint density at radius 1 is 1.26 bits per heavy atom. The smallest absolute Gasteiger partial charge is 0.223 e. The minimum atomic E-state index is -3.22. The fourth-order valence-electron chi connectivity index (χ4n) is 3.58. The van der Waals surface area contributed by atoms with Crippen molar-refractivity contribution < 1.29 is 17.6 Å². The van der Waals surface area contributed by atoms with Gasteiger partial charge in [-0.05, 0) is 47.9 Å². The number of benzene rings is 1. The first-order chi connectivity index (χ1) is 10.8. The van der Waals surface area contributed by atoms with Crippen LogP contribution >= 0.6 is 0 Å². The maximum Gasteiger partial charge on any atom is 0.223 e. The standard InChI is InChI=1S/C17H20FNO3S/c1-23(21,22)10-13-4-5-15(18)8-14(13)9-19-17(20)16-7-11-2-3-12(16)6-11/h2-5,8,11-12,16H,6-7,9-10H2,1H3,(H,19,20). The molecular weight excluding hydrogens is 317 g/mol. The van der Waals surface area contributed by atoms with E-state index in [0.717, 1.165) is 19.1 Å². The highest BCUT2D eigenvalue weighted by Crippen LogP contribution is 2.43. The predicted molar refractivity (Wildman–Crippen MR) is 85.6 cm³/mol. The molecular formula is C17H20FNO3S. The number of hydrogen-bond acceptors (Lipinski definition) is 3. The molecule has 3 rings (SSSR count). The Bertz CT molecular complexity index is 757. The van der Waals surface area contributed by atoms with Crippen LogP contribution in [0.3, 0.4) is 0 Å². The lowest BCUT2D eigenvalue weighted by Gasteiger charge is -2.18. The number of sulfone groups is 1. The van der Waals surface area contributed by atoms with Gasteiger partial charge in [-0.2, -0.15) is 0 Å². The largest absolute Gasteiger partial charge is 0.352 e. The van der Waals surface area contributed by atoms with Crippen LogP contribution in [-0.2, 0) is 26.9 Å². The molecule has 3 atom stereocenters. The third-order valence-corrected chi connectivity index (χ3v) is 5.49. The van der Waals surface area contributed by atoms with Crippen LogP contribution in [0.1, 0.15) is 24.0 Å². The molecule has 1 aromatic rings. The monoisotopic (exact) mass is 337 g/mol. The van der Waals surface area contributed by atoms with Crippen molar-refractivity contribution >= 4 is 15.7 Å². The molecule has 1 amide bonds. The Balaban J connectivity index is 1.69. The van der Waals surface area contributed by atoms with Gasteiger partial charge in [-0.15, -0.1) is 0 Å². The molecule has 0 spiro atoms. The number of carbonyl (C=O) groups is 1. The van der Waals surface area contributed by atoms with E-state index in [9.17, 15) is 17.6 Å². The van der Waals surface area contributed by atoms with E-state index in [1.165, 1.54) is 18.2 Å². The van der Waals surface area contributed by atoms with Gasteiger partial charge in [-0.1, -0.05) is 18.2 Å². The van der Waals surface area contributed by atoms with E-state index in [4.69, 9.17) is 0 Å². The third-order valence-electron chi connectivity index (χ3n) is 4.65. The molecule has 124 valence electrons. The molecule has 1 saturated carbocycles. The van der Waals surface area contributed by atoms with Gasteiger partial charge in [0, 0.05) is 18.7 Å². The summed E-state index contributed by atoms with van der Waals surface area (Å²) in [5, 5.41) is 2.84. The van der Waals surface area contributed by atoms with Gasteiger partial charge in [0.2, 0.25) is 5.91 Å². The summed E-state index contributed by atoms with van der Waals surface area (Å²) in [6.45, 7) is 0.152. The van der Waals surface area contributed by atoms with E-state index >= 15 is 0 Å². The second-order valence-corrected chi connectivity index (χ2v) is 8.73. The van der Waals surface area contributed by atoms with Crippen molar-refractivity contribution in [2.75, 3.05) is 6.26 Å². The molecule has 2 bridgehead atoms. The minimum absolute atomic E-state index is 0.0167. The molecule has 0 radical (unpaired) electrons. The first-order valence-corrected chi connectivity index (χ1v) is 9.79. The number of carbonyl (C=O) groups excluding carboxylic acids is 1. The maximum atomic E-state index is 13.5. The van der Waals surface area contributed by atoms with Crippen LogP contribution in [0.15, 0.2) is 30.4 Å². The van der Waals surface area contributed by atoms with Crippen molar-refractivity contribution in [3.05, 3.63) is 47.3 Å². The average Bonchev–Trinajstić information content (AvgIpc) is 3.08.